The molecule has 0 aliphatic carbocycles. The highest BCUT2D eigenvalue weighted by molar-refractivity contribution is 6.32. The van der Waals surface area contributed by atoms with Crippen LogP contribution in [0, 0.1) is 5.82 Å². The Morgan fingerprint density at radius 3 is 2.50 bits per heavy atom. The van der Waals surface area contributed by atoms with E-state index in [0.29, 0.717) is 38.9 Å². The van der Waals surface area contributed by atoms with Crippen molar-refractivity contribution in [3.05, 3.63) is 82.9 Å². The number of benzene rings is 3. The predicted molar refractivity (Wildman–Crippen MR) is 172 cm³/mol. The number of halogens is 2. The number of fused-ring (bicyclic) bond motifs is 1. The fraction of sp³-hybridized carbons (Fsp3) is 0.333. The number of methoxy groups -OCH3 is 1. The third-order valence-electron chi connectivity index (χ3n) is 7.38. The highest BCUT2D eigenvalue weighted by Crippen LogP contribution is 2.34. The summed E-state index contributed by atoms with van der Waals surface area (Å²) in [6.07, 6.45) is 0.141. The van der Waals surface area contributed by atoms with Crippen LogP contribution in [0.2, 0.25) is 5.02 Å². The number of carbonyl (C=O) groups is 2. The van der Waals surface area contributed by atoms with Gasteiger partial charge in [0.2, 0.25) is 0 Å². The van der Waals surface area contributed by atoms with Crippen LogP contribution in [0.5, 0.6) is 11.5 Å². The highest BCUT2D eigenvalue weighted by Gasteiger charge is 2.35. The van der Waals surface area contributed by atoms with E-state index in [9.17, 15) is 19.1 Å². The number of hydrogen-bond acceptors (Lipinski definition) is 8. The molecule has 1 saturated heterocycles. The Kier molecular flexibility index (Phi) is 9.66. The Balaban J connectivity index is 1.38. The van der Waals surface area contributed by atoms with Crippen molar-refractivity contribution in [3.8, 4) is 11.5 Å². The van der Waals surface area contributed by atoms with Crippen LogP contribution in [0.25, 0.3) is 10.9 Å². The SMILES string of the molecule is COc1cc2ncnc(Nc3ccc(OCc4ccc(F)cc4)c(Cl)c3)c2cc1CC1CN(C(=O)OC(C)(C)C)CCN1C(=O)O. The second kappa shape index (κ2) is 13.7. The molecule has 3 aromatic carbocycles. The van der Waals surface area contributed by atoms with Crippen molar-refractivity contribution >= 4 is 46.2 Å². The number of hydrogen-bond donors (Lipinski definition) is 2. The smallest absolute Gasteiger partial charge is 0.410 e. The first-order valence-corrected chi connectivity index (χ1v) is 15.0. The average Bonchev–Trinajstić information content (AvgIpc) is 3.00. The quantitative estimate of drug-likeness (QED) is 0.209. The molecule has 5 rings (SSSR count). The van der Waals surface area contributed by atoms with Crippen molar-refractivity contribution < 1.29 is 33.3 Å². The first kappa shape index (κ1) is 32.6. The zero-order valence-electron chi connectivity index (χ0n) is 25.9. The molecule has 0 spiro atoms. The van der Waals surface area contributed by atoms with Crippen LogP contribution in [0.15, 0.2) is 60.9 Å². The maximum atomic E-state index is 13.2. The van der Waals surface area contributed by atoms with E-state index in [1.165, 1.54) is 35.4 Å². The van der Waals surface area contributed by atoms with Gasteiger partial charge in [-0.25, -0.2) is 23.9 Å². The van der Waals surface area contributed by atoms with Crippen LogP contribution in [-0.4, -0.2) is 75.4 Å². The summed E-state index contributed by atoms with van der Waals surface area (Å²) in [7, 11) is 1.54. The molecule has 2 heterocycles. The lowest BCUT2D eigenvalue weighted by atomic mass is 9.99. The van der Waals surface area contributed by atoms with Gasteiger partial charge in [-0.15, -0.1) is 0 Å². The van der Waals surface area contributed by atoms with Crippen molar-refractivity contribution in [2.75, 3.05) is 32.1 Å². The highest BCUT2D eigenvalue weighted by atomic mass is 35.5. The van der Waals surface area contributed by atoms with Gasteiger partial charge in [0.1, 0.15) is 41.7 Å². The van der Waals surface area contributed by atoms with Crippen LogP contribution in [-0.2, 0) is 17.8 Å². The van der Waals surface area contributed by atoms with Crippen molar-refractivity contribution in [2.24, 2.45) is 0 Å². The molecule has 2 amide bonds. The summed E-state index contributed by atoms with van der Waals surface area (Å²) in [5.41, 5.74) is 2.10. The number of nitrogens with zero attached hydrogens (tertiary/aromatic N) is 4. The second-order valence-electron chi connectivity index (χ2n) is 11.8. The lowest BCUT2D eigenvalue weighted by Crippen LogP contribution is -2.57. The summed E-state index contributed by atoms with van der Waals surface area (Å²) in [6, 6.07) is 14.4. The predicted octanol–water partition coefficient (Wildman–Crippen LogP) is 6.90. The summed E-state index contributed by atoms with van der Waals surface area (Å²) in [6.45, 7) is 6.13. The van der Waals surface area contributed by atoms with Gasteiger partial charge >= 0.3 is 12.2 Å². The van der Waals surface area contributed by atoms with E-state index in [-0.39, 0.29) is 38.5 Å². The van der Waals surface area contributed by atoms with Gasteiger partial charge in [-0.1, -0.05) is 23.7 Å². The van der Waals surface area contributed by atoms with Crippen molar-refractivity contribution in [2.45, 2.75) is 45.4 Å². The fourth-order valence-electron chi connectivity index (χ4n) is 5.18. The number of anilines is 2. The Bertz CT molecular complexity index is 1730. The number of carboxylic acid groups (broad SMARTS) is 1. The van der Waals surface area contributed by atoms with E-state index in [4.69, 9.17) is 25.8 Å². The molecule has 1 aliphatic rings. The van der Waals surface area contributed by atoms with E-state index in [1.54, 1.807) is 57.2 Å². The summed E-state index contributed by atoms with van der Waals surface area (Å²) in [5.74, 6) is 1.18. The van der Waals surface area contributed by atoms with Gasteiger partial charge < -0.3 is 34.4 Å². The second-order valence-corrected chi connectivity index (χ2v) is 12.3. The van der Waals surface area contributed by atoms with Crippen LogP contribution in [0.3, 0.4) is 0 Å². The summed E-state index contributed by atoms with van der Waals surface area (Å²) in [5, 5.41) is 14.3. The van der Waals surface area contributed by atoms with Crippen LogP contribution in [0.4, 0.5) is 25.5 Å². The van der Waals surface area contributed by atoms with Crippen molar-refractivity contribution in [1.29, 1.82) is 0 Å². The van der Waals surface area contributed by atoms with Gasteiger partial charge in [0, 0.05) is 36.8 Å². The van der Waals surface area contributed by atoms with E-state index >= 15 is 0 Å². The number of rotatable bonds is 8. The lowest BCUT2D eigenvalue weighted by Gasteiger charge is -2.40. The van der Waals surface area contributed by atoms with Crippen molar-refractivity contribution in [1.82, 2.24) is 19.8 Å². The van der Waals surface area contributed by atoms with Crippen LogP contribution < -0.4 is 14.8 Å². The molecule has 242 valence electrons. The molecular weight excluding hydrogens is 617 g/mol. The number of carbonyl (C=O) groups excluding carboxylic acids is 1. The Labute approximate surface area is 270 Å². The van der Waals surface area contributed by atoms with E-state index in [0.717, 1.165) is 11.1 Å². The van der Waals surface area contributed by atoms with Gasteiger partial charge in [0.25, 0.3) is 0 Å². The third kappa shape index (κ3) is 7.86. The van der Waals surface area contributed by atoms with Gasteiger partial charge in [-0.3, -0.25) is 0 Å². The first-order chi connectivity index (χ1) is 21.9. The average molecular weight is 652 g/mol. The number of amides is 2. The zero-order valence-corrected chi connectivity index (χ0v) is 26.7. The molecule has 1 fully saturated rings. The largest absolute Gasteiger partial charge is 0.496 e. The molecule has 0 bridgehead atoms. The molecule has 11 nitrogen and oxygen atoms in total. The summed E-state index contributed by atoms with van der Waals surface area (Å²) < 4.78 is 30.2. The normalized spacial score (nSPS) is 15.0. The molecule has 1 unspecified atom stereocenters. The minimum Gasteiger partial charge on any atom is -0.496 e. The van der Waals surface area contributed by atoms with Gasteiger partial charge in [0.05, 0.1) is 23.7 Å². The summed E-state index contributed by atoms with van der Waals surface area (Å²) in [4.78, 5) is 36.7. The van der Waals surface area contributed by atoms with E-state index in [1.807, 2.05) is 6.07 Å². The minimum absolute atomic E-state index is 0.148. The van der Waals surface area contributed by atoms with Crippen molar-refractivity contribution in [3.63, 3.8) is 0 Å². The molecule has 0 saturated carbocycles. The van der Waals surface area contributed by atoms with Crippen LogP contribution in [0.1, 0.15) is 31.9 Å². The third-order valence-corrected chi connectivity index (χ3v) is 7.67. The summed E-state index contributed by atoms with van der Waals surface area (Å²) >= 11 is 6.52. The zero-order chi connectivity index (χ0) is 33.0. The Morgan fingerprint density at radius 2 is 1.83 bits per heavy atom. The standard InChI is InChI=1S/C33H35ClFN5O6/c1-33(2,3)46-32(43)39-11-12-40(31(41)42)24(17-39)13-21-14-25-27(16-29(21)44-4)36-19-37-30(25)38-23-9-10-28(26(34)15-23)45-18-20-5-7-22(35)8-6-20/h5-10,14-16,19,24H,11-13,17-18H2,1-4H3,(H,41,42)(H,36,37,38). The van der Waals surface area contributed by atoms with Crippen LogP contribution >= 0.6 is 11.6 Å². The molecule has 1 aromatic heterocycles. The lowest BCUT2D eigenvalue weighted by molar-refractivity contribution is 0.00536. The molecule has 2 N–H and O–H groups in total. The molecular formula is C33H35ClFN5O6. The molecule has 0 radical (unpaired) electrons. The van der Waals surface area contributed by atoms with E-state index < -0.39 is 23.8 Å². The maximum absolute atomic E-state index is 13.2. The van der Waals surface area contributed by atoms with Gasteiger partial charge in [-0.05, 0) is 74.7 Å². The molecule has 1 aliphatic heterocycles. The number of nitrogens with one attached hydrogen (secondary N) is 1. The molecule has 1 atom stereocenters. The fourth-order valence-corrected chi connectivity index (χ4v) is 5.42. The van der Waals surface area contributed by atoms with E-state index in [2.05, 4.69) is 15.3 Å². The van der Waals surface area contributed by atoms with Gasteiger partial charge in [-0.2, -0.15) is 0 Å². The number of aromatic nitrogens is 2. The maximum Gasteiger partial charge on any atom is 0.410 e. The topological polar surface area (TPSA) is 126 Å². The Hall–Kier alpha value is -4.84. The number of piperazine rings is 1. The van der Waals surface area contributed by atoms with Gasteiger partial charge in [0.15, 0.2) is 0 Å². The first-order valence-electron chi connectivity index (χ1n) is 14.6. The molecule has 46 heavy (non-hydrogen) atoms. The molecule has 13 heteroatoms. The molecule has 4 aromatic rings. The number of ether oxygens (including phenoxy) is 3. The monoisotopic (exact) mass is 651 g/mol. The minimum atomic E-state index is -1.07. The Morgan fingerprint density at radius 1 is 1.07 bits per heavy atom.